The average molecular weight is 307 g/mol. The van der Waals surface area contributed by atoms with Crippen molar-refractivity contribution in [3.63, 3.8) is 0 Å². The van der Waals surface area contributed by atoms with E-state index in [0.717, 1.165) is 43.1 Å². The lowest BCUT2D eigenvalue weighted by Gasteiger charge is -2.30. The second kappa shape index (κ2) is 6.13. The Morgan fingerprint density at radius 1 is 1.29 bits per heavy atom. The van der Waals surface area contributed by atoms with Crippen LogP contribution in [0.1, 0.15) is 24.4 Å². The average Bonchev–Trinajstić information content (AvgIpc) is 2.96. The third-order valence-corrected chi connectivity index (χ3v) is 4.02. The molecule has 3 rings (SSSR count). The molecular weight excluding hydrogens is 288 g/mol. The molecule has 1 aromatic heterocycles. The minimum Gasteiger partial charge on any atom is -0.334 e. The molecule has 1 unspecified atom stereocenters. The fourth-order valence-electron chi connectivity index (χ4n) is 2.61. The van der Waals surface area contributed by atoms with E-state index in [1.54, 1.807) is 0 Å². The van der Waals surface area contributed by atoms with Gasteiger partial charge in [0.05, 0.1) is 6.04 Å². The molecule has 2 heterocycles. The minimum atomic E-state index is 0.157. The number of aryl methyl sites for hydroxylation is 1. The van der Waals surface area contributed by atoms with Crippen LogP contribution in [0, 0.1) is 6.92 Å². The maximum absolute atomic E-state index is 6.09. The highest BCUT2D eigenvalue weighted by Crippen LogP contribution is 2.25. The Kier molecular flexibility index (Phi) is 4.24. The topological polar surface area (TPSA) is 54.2 Å². The van der Waals surface area contributed by atoms with Crippen LogP contribution in [0.3, 0.4) is 0 Å². The Morgan fingerprint density at radius 3 is 2.76 bits per heavy atom. The van der Waals surface area contributed by atoms with Crippen LogP contribution in [0.5, 0.6) is 0 Å². The molecule has 0 spiro atoms. The van der Waals surface area contributed by atoms with Gasteiger partial charge in [-0.2, -0.15) is 4.98 Å². The number of aromatic nitrogens is 2. The molecule has 112 valence electrons. The van der Waals surface area contributed by atoms with Crippen LogP contribution in [0.25, 0.3) is 11.5 Å². The third-order valence-electron chi connectivity index (χ3n) is 3.80. The fourth-order valence-corrected chi connectivity index (χ4v) is 2.90. The van der Waals surface area contributed by atoms with Gasteiger partial charge in [-0.1, -0.05) is 16.8 Å². The van der Waals surface area contributed by atoms with Crippen molar-refractivity contribution in [2.24, 2.45) is 0 Å². The second-order valence-corrected chi connectivity index (χ2v) is 5.87. The first kappa shape index (κ1) is 14.5. The molecule has 6 heteroatoms. The molecule has 2 aromatic rings. The number of hydrogen-bond donors (Lipinski definition) is 1. The molecule has 1 atom stereocenters. The number of hydrogen-bond acceptors (Lipinski definition) is 5. The summed E-state index contributed by atoms with van der Waals surface area (Å²) in [6.07, 6.45) is 0. The number of halogens is 1. The predicted molar refractivity (Wildman–Crippen MR) is 82.3 cm³/mol. The van der Waals surface area contributed by atoms with Gasteiger partial charge in [-0.25, -0.2) is 0 Å². The molecule has 1 saturated heterocycles. The van der Waals surface area contributed by atoms with E-state index in [4.69, 9.17) is 16.1 Å². The van der Waals surface area contributed by atoms with Crippen molar-refractivity contribution in [2.75, 3.05) is 26.2 Å². The lowest BCUT2D eigenvalue weighted by molar-refractivity contribution is 0.176. The summed E-state index contributed by atoms with van der Waals surface area (Å²) in [5.41, 5.74) is 1.94. The zero-order valence-electron chi connectivity index (χ0n) is 12.3. The van der Waals surface area contributed by atoms with Crippen molar-refractivity contribution in [2.45, 2.75) is 19.9 Å². The largest absolute Gasteiger partial charge is 0.334 e. The van der Waals surface area contributed by atoms with Gasteiger partial charge in [0.1, 0.15) is 0 Å². The summed E-state index contributed by atoms with van der Waals surface area (Å²) in [6.45, 7) is 8.12. The summed E-state index contributed by atoms with van der Waals surface area (Å²) in [5.74, 6) is 1.25. The Labute approximate surface area is 129 Å². The molecular formula is C15H19ClN4O. The normalized spacial score (nSPS) is 17.9. The van der Waals surface area contributed by atoms with Gasteiger partial charge < -0.3 is 9.84 Å². The van der Waals surface area contributed by atoms with Crippen molar-refractivity contribution in [3.05, 3.63) is 34.6 Å². The first-order valence-electron chi connectivity index (χ1n) is 7.19. The molecule has 1 N–H and O–H groups in total. The molecule has 21 heavy (non-hydrogen) atoms. The van der Waals surface area contributed by atoms with Gasteiger partial charge in [0, 0.05) is 36.8 Å². The van der Waals surface area contributed by atoms with Crippen LogP contribution in [0.15, 0.2) is 22.7 Å². The van der Waals surface area contributed by atoms with Crippen molar-refractivity contribution in [3.8, 4) is 11.5 Å². The zero-order valence-corrected chi connectivity index (χ0v) is 13.0. The number of nitrogens with one attached hydrogen (secondary N) is 1. The van der Waals surface area contributed by atoms with Crippen molar-refractivity contribution >= 4 is 11.6 Å². The van der Waals surface area contributed by atoms with E-state index in [1.165, 1.54) is 0 Å². The molecule has 5 nitrogen and oxygen atoms in total. The number of nitrogens with zero attached hydrogens (tertiary/aromatic N) is 3. The van der Waals surface area contributed by atoms with Crippen LogP contribution in [-0.4, -0.2) is 41.2 Å². The van der Waals surface area contributed by atoms with Crippen LogP contribution in [0.2, 0.25) is 5.02 Å². The zero-order chi connectivity index (χ0) is 14.8. The molecule has 0 amide bonds. The Bertz CT molecular complexity index is 602. The van der Waals surface area contributed by atoms with Crippen molar-refractivity contribution in [1.29, 1.82) is 0 Å². The SMILES string of the molecule is Cc1cc(Cl)cc(-c2nc(C(C)N3CCNCC3)no2)c1. The summed E-state index contributed by atoms with van der Waals surface area (Å²) < 4.78 is 5.41. The summed E-state index contributed by atoms with van der Waals surface area (Å²) >= 11 is 6.09. The van der Waals surface area contributed by atoms with Gasteiger partial charge in [-0.15, -0.1) is 0 Å². The van der Waals surface area contributed by atoms with Gasteiger partial charge in [-0.05, 0) is 37.6 Å². The molecule has 1 aromatic carbocycles. The fraction of sp³-hybridized carbons (Fsp3) is 0.467. The molecule has 0 saturated carbocycles. The van der Waals surface area contributed by atoms with Gasteiger partial charge in [0.15, 0.2) is 5.82 Å². The first-order valence-corrected chi connectivity index (χ1v) is 7.57. The van der Waals surface area contributed by atoms with Crippen LogP contribution >= 0.6 is 11.6 Å². The van der Waals surface area contributed by atoms with E-state index >= 15 is 0 Å². The van der Waals surface area contributed by atoms with Crippen molar-refractivity contribution in [1.82, 2.24) is 20.4 Å². The van der Waals surface area contributed by atoms with E-state index in [-0.39, 0.29) is 6.04 Å². The molecule has 0 bridgehead atoms. The van der Waals surface area contributed by atoms with E-state index in [0.29, 0.717) is 10.9 Å². The van der Waals surface area contributed by atoms with E-state index in [2.05, 4.69) is 27.3 Å². The van der Waals surface area contributed by atoms with Gasteiger partial charge in [0.2, 0.25) is 0 Å². The molecule has 0 radical (unpaired) electrons. The third kappa shape index (κ3) is 3.26. The second-order valence-electron chi connectivity index (χ2n) is 5.44. The standard InChI is InChI=1S/C15H19ClN4O/c1-10-7-12(9-13(16)8-10)15-18-14(19-21-15)11(2)20-5-3-17-4-6-20/h7-9,11,17H,3-6H2,1-2H3. The summed E-state index contributed by atoms with van der Waals surface area (Å²) in [6, 6.07) is 5.91. The molecule has 1 fully saturated rings. The minimum absolute atomic E-state index is 0.157. The summed E-state index contributed by atoms with van der Waals surface area (Å²) in [4.78, 5) is 6.89. The van der Waals surface area contributed by atoms with Gasteiger partial charge >= 0.3 is 0 Å². The lowest BCUT2D eigenvalue weighted by Crippen LogP contribution is -2.44. The Morgan fingerprint density at radius 2 is 2.05 bits per heavy atom. The van der Waals surface area contributed by atoms with Crippen molar-refractivity contribution < 1.29 is 4.52 Å². The monoisotopic (exact) mass is 306 g/mol. The van der Waals surface area contributed by atoms with Crippen LogP contribution in [0.4, 0.5) is 0 Å². The number of rotatable bonds is 3. The maximum atomic E-state index is 6.09. The highest BCUT2D eigenvalue weighted by molar-refractivity contribution is 6.30. The first-order chi connectivity index (χ1) is 10.1. The van der Waals surface area contributed by atoms with E-state index < -0.39 is 0 Å². The van der Waals surface area contributed by atoms with E-state index in [1.807, 2.05) is 25.1 Å². The highest BCUT2D eigenvalue weighted by Gasteiger charge is 2.22. The maximum Gasteiger partial charge on any atom is 0.258 e. The predicted octanol–water partition coefficient (Wildman–Crippen LogP) is 2.66. The molecule has 0 aliphatic carbocycles. The summed E-state index contributed by atoms with van der Waals surface area (Å²) in [5, 5.41) is 8.16. The van der Waals surface area contributed by atoms with Crippen LogP contribution < -0.4 is 5.32 Å². The highest BCUT2D eigenvalue weighted by atomic mass is 35.5. The quantitative estimate of drug-likeness (QED) is 0.945. The van der Waals surface area contributed by atoms with Crippen LogP contribution in [-0.2, 0) is 0 Å². The lowest BCUT2D eigenvalue weighted by atomic mass is 10.1. The van der Waals surface area contributed by atoms with Gasteiger partial charge in [-0.3, -0.25) is 4.90 Å². The smallest absolute Gasteiger partial charge is 0.258 e. The summed E-state index contributed by atoms with van der Waals surface area (Å²) in [7, 11) is 0. The number of benzene rings is 1. The van der Waals surface area contributed by atoms with Gasteiger partial charge in [0.25, 0.3) is 5.89 Å². The molecule has 1 aliphatic rings. The Balaban J connectivity index is 1.82. The van der Waals surface area contributed by atoms with E-state index in [9.17, 15) is 0 Å². The molecule has 1 aliphatic heterocycles. The Hall–Kier alpha value is -1.43. The number of piperazine rings is 1.